The minimum absolute atomic E-state index is 0.0162. The van der Waals surface area contributed by atoms with Crippen molar-refractivity contribution in [3.63, 3.8) is 0 Å². The van der Waals surface area contributed by atoms with Crippen LogP contribution in [0.25, 0.3) is 0 Å². The van der Waals surface area contributed by atoms with E-state index < -0.39 is 10.0 Å². The van der Waals surface area contributed by atoms with E-state index >= 15 is 0 Å². The summed E-state index contributed by atoms with van der Waals surface area (Å²) in [4.78, 5) is 15.1. The normalized spacial score (nSPS) is 11.2. The number of nitrogens with one attached hydrogen (secondary N) is 2. The van der Waals surface area contributed by atoms with Gasteiger partial charge in [0.25, 0.3) is 0 Å². The first-order valence-electron chi connectivity index (χ1n) is 6.35. The minimum Gasteiger partial charge on any atom is -0.325 e. The van der Waals surface area contributed by atoms with Crippen LogP contribution in [0.5, 0.6) is 0 Å². The smallest absolute Gasteiger partial charge is 0.240 e. The number of nitrogens with zero attached hydrogens (tertiary/aromatic N) is 1. The monoisotopic (exact) mass is 339 g/mol. The maximum Gasteiger partial charge on any atom is 0.240 e. The van der Waals surface area contributed by atoms with Crippen LogP contribution in [0.15, 0.2) is 47.5 Å². The fraction of sp³-hybridized carbons (Fsp3) is 0.143. The Morgan fingerprint density at radius 2 is 2.05 bits per heavy atom. The Balaban J connectivity index is 2.15. The Kier molecular flexibility index (Phi) is 5.12. The summed E-state index contributed by atoms with van der Waals surface area (Å²) in [5.74, 6) is -0.286. The standard InChI is InChI=1S/C14H14ClN3O3S/c1-10(19)18-14-6-5-12(8-13(14)15)22(20,21)17-9-11-4-2-3-7-16-11/h2-8,17H,9H2,1H3,(H,18,19). The number of amides is 1. The summed E-state index contributed by atoms with van der Waals surface area (Å²) in [6, 6.07) is 9.34. The summed E-state index contributed by atoms with van der Waals surface area (Å²) in [6.07, 6.45) is 1.59. The number of anilines is 1. The van der Waals surface area contributed by atoms with E-state index in [1.807, 2.05) is 0 Å². The lowest BCUT2D eigenvalue weighted by molar-refractivity contribution is -0.114. The van der Waals surface area contributed by atoms with E-state index in [2.05, 4.69) is 15.0 Å². The molecule has 1 aromatic heterocycles. The molecule has 0 aliphatic heterocycles. The van der Waals surface area contributed by atoms with Gasteiger partial charge in [0.05, 0.1) is 27.8 Å². The van der Waals surface area contributed by atoms with Crippen LogP contribution in [-0.2, 0) is 21.4 Å². The fourth-order valence-corrected chi connectivity index (χ4v) is 3.03. The number of carbonyl (C=O) groups is 1. The van der Waals surface area contributed by atoms with E-state index in [0.717, 1.165) is 0 Å². The van der Waals surface area contributed by atoms with Crippen LogP contribution >= 0.6 is 11.6 Å². The number of hydrogen-bond donors (Lipinski definition) is 2. The highest BCUT2D eigenvalue weighted by Gasteiger charge is 2.16. The van der Waals surface area contributed by atoms with Crippen molar-refractivity contribution >= 4 is 33.2 Å². The highest BCUT2D eigenvalue weighted by atomic mass is 35.5. The summed E-state index contributed by atoms with van der Waals surface area (Å²) < 4.78 is 26.9. The second kappa shape index (κ2) is 6.87. The number of halogens is 1. The van der Waals surface area contributed by atoms with E-state index in [9.17, 15) is 13.2 Å². The number of hydrogen-bond acceptors (Lipinski definition) is 4. The lowest BCUT2D eigenvalue weighted by atomic mass is 10.3. The molecule has 0 atom stereocenters. The van der Waals surface area contributed by atoms with Crippen molar-refractivity contribution in [2.24, 2.45) is 0 Å². The fourth-order valence-electron chi connectivity index (χ4n) is 1.71. The molecule has 0 aliphatic rings. The van der Waals surface area contributed by atoms with Gasteiger partial charge in [0, 0.05) is 13.1 Å². The largest absolute Gasteiger partial charge is 0.325 e. The zero-order chi connectivity index (χ0) is 16.2. The van der Waals surface area contributed by atoms with Crippen molar-refractivity contribution in [1.29, 1.82) is 0 Å². The Bertz CT molecular complexity index is 779. The van der Waals surface area contributed by atoms with Gasteiger partial charge in [-0.15, -0.1) is 0 Å². The zero-order valence-corrected chi connectivity index (χ0v) is 13.3. The van der Waals surface area contributed by atoms with Crippen LogP contribution < -0.4 is 10.0 Å². The second-order valence-electron chi connectivity index (χ2n) is 4.47. The Morgan fingerprint density at radius 3 is 2.64 bits per heavy atom. The Labute approximate surface area is 133 Å². The first kappa shape index (κ1) is 16.4. The molecule has 0 spiro atoms. The summed E-state index contributed by atoms with van der Waals surface area (Å²) in [5.41, 5.74) is 0.963. The van der Waals surface area contributed by atoms with E-state index in [1.54, 1.807) is 24.4 Å². The lowest BCUT2D eigenvalue weighted by Crippen LogP contribution is -2.23. The molecule has 0 bridgehead atoms. The summed E-state index contributed by atoms with van der Waals surface area (Å²) >= 11 is 5.98. The van der Waals surface area contributed by atoms with Crippen molar-refractivity contribution < 1.29 is 13.2 Å². The topological polar surface area (TPSA) is 88.2 Å². The maximum atomic E-state index is 12.2. The van der Waals surface area contributed by atoms with Gasteiger partial charge in [-0.25, -0.2) is 13.1 Å². The molecular formula is C14H14ClN3O3S. The van der Waals surface area contributed by atoms with Gasteiger partial charge in [0.15, 0.2) is 0 Å². The number of rotatable bonds is 5. The van der Waals surface area contributed by atoms with Gasteiger partial charge in [-0.05, 0) is 30.3 Å². The molecule has 2 N–H and O–H groups in total. The average molecular weight is 340 g/mol. The van der Waals surface area contributed by atoms with E-state index in [-0.39, 0.29) is 22.4 Å². The molecule has 1 amide bonds. The third-order valence-corrected chi connectivity index (χ3v) is 4.44. The maximum absolute atomic E-state index is 12.2. The quantitative estimate of drug-likeness (QED) is 0.873. The number of aromatic nitrogens is 1. The summed E-state index contributed by atoms with van der Waals surface area (Å²) in [7, 11) is -3.71. The van der Waals surface area contributed by atoms with Crippen molar-refractivity contribution in [3.05, 3.63) is 53.3 Å². The Hall–Kier alpha value is -1.96. The number of carbonyl (C=O) groups excluding carboxylic acids is 1. The molecule has 2 aromatic rings. The van der Waals surface area contributed by atoms with Gasteiger partial charge in [-0.1, -0.05) is 17.7 Å². The predicted molar refractivity (Wildman–Crippen MR) is 84.0 cm³/mol. The SMILES string of the molecule is CC(=O)Nc1ccc(S(=O)(=O)NCc2ccccn2)cc1Cl. The third kappa shape index (κ3) is 4.27. The second-order valence-corrected chi connectivity index (χ2v) is 6.64. The van der Waals surface area contributed by atoms with Gasteiger partial charge in [0.1, 0.15) is 0 Å². The van der Waals surface area contributed by atoms with E-state index in [0.29, 0.717) is 11.4 Å². The summed E-state index contributed by atoms with van der Waals surface area (Å²) in [6.45, 7) is 1.42. The van der Waals surface area contributed by atoms with Gasteiger partial charge in [-0.2, -0.15) is 0 Å². The summed E-state index contributed by atoms with van der Waals surface area (Å²) in [5, 5.41) is 2.66. The van der Waals surface area contributed by atoms with Crippen molar-refractivity contribution in [1.82, 2.24) is 9.71 Å². The van der Waals surface area contributed by atoms with Crippen LogP contribution in [0.1, 0.15) is 12.6 Å². The first-order chi connectivity index (χ1) is 10.4. The van der Waals surface area contributed by atoms with Crippen molar-refractivity contribution in [3.8, 4) is 0 Å². The first-order valence-corrected chi connectivity index (χ1v) is 8.21. The van der Waals surface area contributed by atoms with Gasteiger partial charge < -0.3 is 5.32 Å². The van der Waals surface area contributed by atoms with Crippen molar-refractivity contribution in [2.45, 2.75) is 18.4 Å². The average Bonchev–Trinajstić information content (AvgIpc) is 2.48. The van der Waals surface area contributed by atoms with Crippen LogP contribution in [-0.4, -0.2) is 19.3 Å². The lowest BCUT2D eigenvalue weighted by Gasteiger charge is -2.09. The molecule has 0 aliphatic carbocycles. The molecule has 1 aromatic carbocycles. The molecule has 0 radical (unpaired) electrons. The molecule has 1 heterocycles. The molecule has 6 nitrogen and oxygen atoms in total. The molecular weight excluding hydrogens is 326 g/mol. The number of benzene rings is 1. The van der Waals surface area contributed by atoms with E-state index in [1.165, 1.54) is 25.1 Å². The number of pyridine rings is 1. The minimum atomic E-state index is -3.71. The molecule has 0 fully saturated rings. The van der Waals surface area contributed by atoms with Crippen LogP contribution in [0.2, 0.25) is 5.02 Å². The molecule has 0 saturated heterocycles. The predicted octanol–water partition coefficient (Wildman–Crippen LogP) is 2.17. The highest BCUT2D eigenvalue weighted by Crippen LogP contribution is 2.25. The van der Waals surface area contributed by atoms with E-state index in [4.69, 9.17) is 11.6 Å². The molecule has 22 heavy (non-hydrogen) atoms. The van der Waals surface area contributed by atoms with Gasteiger partial charge >= 0.3 is 0 Å². The van der Waals surface area contributed by atoms with Crippen LogP contribution in [0.3, 0.4) is 0 Å². The zero-order valence-electron chi connectivity index (χ0n) is 11.7. The van der Waals surface area contributed by atoms with Crippen LogP contribution in [0.4, 0.5) is 5.69 Å². The Morgan fingerprint density at radius 1 is 1.27 bits per heavy atom. The molecule has 2 rings (SSSR count). The molecule has 8 heteroatoms. The van der Waals surface area contributed by atoms with Gasteiger partial charge in [0.2, 0.25) is 15.9 Å². The number of sulfonamides is 1. The third-order valence-electron chi connectivity index (χ3n) is 2.73. The highest BCUT2D eigenvalue weighted by molar-refractivity contribution is 7.89. The molecule has 0 unspecified atom stereocenters. The van der Waals surface area contributed by atoms with Crippen molar-refractivity contribution in [2.75, 3.05) is 5.32 Å². The van der Waals surface area contributed by atoms with Crippen LogP contribution in [0, 0.1) is 0 Å². The molecule has 0 saturated carbocycles. The molecule has 116 valence electrons. The van der Waals surface area contributed by atoms with Gasteiger partial charge in [-0.3, -0.25) is 9.78 Å².